The summed E-state index contributed by atoms with van der Waals surface area (Å²) in [5.41, 5.74) is -5.06. The summed E-state index contributed by atoms with van der Waals surface area (Å²) in [6.45, 7) is 5.33. The first-order valence-corrected chi connectivity index (χ1v) is 27.3. The van der Waals surface area contributed by atoms with Gasteiger partial charge in [-0.25, -0.2) is 0 Å². The Hall–Kier alpha value is -7.22. The molecule has 5 N–H and O–H groups in total. The molecule has 0 aliphatic carbocycles. The molecule has 406 valence electrons. The largest absolute Gasteiger partial charge is 0.399 e. The number of piperidine rings is 1. The summed E-state index contributed by atoms with van der Waals surface area (Å²) in [5.74, 6) is 0.394. The summed E-state index contributed by atoms with van der Waals surface area (Å²) in [5, 5.41) is 7.79. The summed E-state index contributed by atoms with van der Waals surface area (Å²) in [4.78, 5) is 145. The number of hydrogen-bond acceptors (Lipinski definition) is 12. The number of benzene rings is 3. The minimum atomic E-state index is -5.87. The van der Waals surface area contributed by atoms with Gasteiger partial charge in [0.1, 0.15) is 30.7 Å². The van der Waals surface area contributed by atoms with Crippen molar-refractivity contribution in [3.8, 4) is 11.8 Å². The molecule has 0 bridgehead atoms. The number of nitrogens with one attached hydrogen (secondary N) is 3. The normalized spacial score (nSPS) is 19.5. The zero-order valence-electron chi connectivity index (χ0n) is 42.2. The molecule has 0 saturated carbocycles. The number of halogens is 2. The van der Waals surface area contributed by atoms with Crippen LogP contribution in [-0.4, -0.2) is 147 Å². The van der Waals surface area contributed by atoms with Crippen molar-refractivity contribution in [1.82, 2.24) is 35.6 Å². The van der Waals surface area contributed by atoms with Crippen LogP contribution in [0.5, 0.6) is 0 Å². The second kappa shape index (κ2) is 22.8. The van der Waals surface area contributed by atoms with Crippen LogP contribution in [-0.2, 0) is 43.7 Å². The van der Waals surface area contributed by atoms with Crippen molar-refractivity contribution in [2.24, 2.45) is 5.41 Å². The number of hydrogen-bond donors (Lipinski definition) is 5. The summed E-state index contributed by atoms with van der Waals surface area (Å²) in [6, 6.07) is 14.5. The van der Waals surface area contributed by atoms with Crippen molar-refractivity contribution in [2.45, 2.75) is 89.2 Å². The van der Waals surface area contributed by atoms with E-state index in [-0.39, 0.29) is 80.1 Å². The number of nitrogens with zero attached hydrogens (tertiary/aromatic N) is 4. The van der Waals surface area contributed by atoms with E-state index in [2.05, 4.69) is 27.8 Å². The molecular formula is C53H56F2N7O13PS. The lowest BCUT2D eigenvalue weighted by Crippen LogP contribution is -2.66. The molecule has 0 spiro atoms. The number of alkyl halides is 2. The van der Waals surface area contributed by atoms with E-state index in [0.29, 0.717) is 29.5 Å². The number of unbranched alkanes of at least 4 members (excludes halogenated alkanes) is 2. The number of imide groups is 2. The monoisotopic (exact) mass is 1100 g/mol. The molecule has 1 aromatic heterocycles. The third-order valence-electron chi connectivity index (χ3n) is 13.7. The van der Waals surface area contributed by atoms with E-state index in [1.165, 1.54) is 28.0 Å². The number of ether oxygens (including phenoxy) is 1. The first-order chi connectivity index (χ1) is 36.4. The standard InChI is InChI=1S/C53H56F2N7O13PS/c1-52(2,3)45(58-47(67)40-27-33-26-34(17-19-39(33)77-40)53(54,55)76(72,73)74)51(71)61-23-22-59(29-37(61)49(69)60-24-25-75-38(30-60)31-12-8-6-9-13-31)43(65)28-42(64)56-21-10-5-4-7-14-32-15-11-16-35-44(32)50(70)62(48(35)68)36-18-20-41(63)57-46(36)66/h6,8-9,11-13,15-17,19,26-27,36-38,45H,4-5,10,18,20-25,28-30H2,1-3H3,(H,56,64)(H,58,67)(H,57,63,66)(H2,72,73,74)/t36?,37-,38?,45+/m0/s1. The molecule has 5 heterocycles. The molecule has 20 nitrogen and oxygen atoms in total. The molecule has 4 aliphatic heterocycles. The van der Waals surface area contributed by atoms with Gasteiger partial charge in [-0.15, -0.1) is 11.3 Å². The Morgan fingerprint density at radius 3 is 2.38 bits per heavy atom. The van der Waals surface area contributed by atoms with Crippen LogP contribution in [0.4, 0.5) is 8.78 Å². The summed E-state index contributed by atoms with van der Waals surface area (Å²) in [6.07, 6.45) is 0.302. The van der Waals surface area contributed by atoms with Gasteiger partial charge in [-0.3, -0.25) is 57.9 Å². The zero-order valence-corrected chi connectivity index (χ0v) is 43.9. The number of thiophene rings is 1. The van der Waals surface area contributed by atoms with Gasteiger partial charge in [-0.2, -0.15) is 8.78 Å². The summed E-state index contributed by atoms with van der Waals surface area (Å²) < 4.78 is 47.1. The van der Waals surface area contributed by atoms with Gasteiger partial charge in [0.15, 0.2) is 0 Å². The van der Waals surface area contributed by atoms with Gasteiger partial charge >= 0.3 is 13.3 Å². The molecular weight excluding hydrogens is 1040 g/mol. The molecule has 9 amide bonds. The van der Waals surface area contributed by atoms with Crippen molar-refractivity contribution < 1.29 is 71.0 Å². The van der Waals surface area contributed by atoms with Crippen LogP contribution in [0.3, 0.4) is 0 Å². The summed E-state index contributed by atoms with van der Waals surface area (Å²) in [7, 11) is -5.87. The highest BCUT2D eigenvalue weighted by atomic mass is 32.1. The first kappa shape index (κ1) is 56.0. The fourth-order valence-corrected chi connectivity index (χ4v) is 11.0. The molecule has 24 heteroatoms. The Bertz CT molecular complexity index is 3170. The average molecular weight is 1100 g/mol. The van der Waals surface area contributed by atoms with Gasteiger partial charge in [-0.05, 0) is 66.0 Å². The van der Waals surface area contributed by atoms with Crippen LogP contribution < -0.4 is 16.0 Å². The molecule has 77 heavy (non-hydrogen) atoms. The Morgan fingerprint density at radius 2 is 1.66 bits per heavy atom. The Balaban J connectivity index is 0.900. The zero-order chi connectivity index (χ0) is 55.6. The SMILES string of the molecule is CC(C)(C)[C@H](NC(=O)c1cc2cc(C(F)(F)P(=O)(O)O)ccc2s1)C(=O)N1CCN(C(=O)CC(=O)NCCCCC#Cc2cccc3c2C(=O)N(C2CCC(=O)NC2=O)C3=O)C[C@H]1C(=O)N1CCOC(c2ccccc2)C1. The van der Waals surface area contributed by atoms with E-state index in [1.54, 1.807) is 37.8 Å². The third kappa shape index (κ3) is 12.2. The molecule has 3 saturated heterocycles. The smallest absolute Gasteiger partial charge is 0.370 e. The fraction of sp³-hybridized carbons (Fsp3) is 0.415. The number of rotatable bonds is 14. The second-order valence-corrected chi connectivity index (χ2v) is 22.9. The van der Waals surface area contributed by atoms with Crippen LogP contribution in [0.15, 0.2) is 72.8 Å². The minimum absolute atomic E-state index is 0.0103. The molecule has 4 aliphatic rings. The van der Waals surface area contributed by atoms with Gasteiger partial charge in [0.25, 0.3) is 17.7 Å². The maximum absolute atomic E-state index is 14.8. The number of carbonyl (C=O) groups is 9. The van der Waals surface area contributed by atoms with Crippen molar-refractivity contribution in [2.75, 3.05) is 45.9 Å². The highest BCUT2D eigenvalue weighted by Crippen LogP contribution is 2.59. The molecule has 8 rings (SSSR count). The number of piperazine rings is 1. The van der Waals surface area contributed by atoms with E-state index < -0.39 is 108 Å². The van der Waals surface area contributed by atoms with E-state index in [1.807, 2.05) is 30.3 Å². The first-order valence-electron chi connectivity index (χ1n) is 24.9. The quantitative estimate of drug-likeness (QED) is 0.0393. The van der Waals surface area contributed by atoms with Gasteiger partial charge < -0.3 is 39.9 Å². The van der Waals surface area contributed by atoms with Crippen LogP contribution in [0, 0.1) is 17.3 Å². The van der Waals surface area contributed by atoms with E-state index in [4.69, 9.17) is 4.74 Å². The van der Waals surface area contributed by atoms with Gasteiger partial charge in [0.2, 0.25) is 35.4 Å². The predicted molar refractivity (Wildman–Crippen MR) is 274 cm³/mol. The van der Waals surface area contributed by atoms with E-state index in [0.717, 1.165) is 33.9 Å². The minimum Gasteiger partial charge on any atom is -0.370 e. The Morgan fingerprint density at radius 1 is 0.909 bits per heavy atom. The molecule has 2 unspecified atom stereocenters. The maximum atomic E-state index is 14.8. The van der Waals surface area contributed by atoms with Gasteiger partial charge in [0.05, 0.1) is 35.7 Å². The topological polar surface area (TPSA) is 269 Å². The number of amides is 9. The van der Waals surface area contributed by atoms with Crippen molar-refractivity contribution in [3.05, 3.63) is 105 Å². The van der Waals surface area contributed by atoms with Crippen LogP contribution >= 0.6 is 18.9 Å². The van der Waals surface area contributed by atoms with Gasteiger partial charge in [0, 0.05) is 54.8 Å². The lowest BCUT2D eigenvalue weighted by atomic mass is 9.85. The third-order valence-corrected chi connectivity index (χ3v) is 15.9. The highest BCUT2D eigenvalue weighted by Gasteiger charge is 2.51. The second-order valence-electron chi connectivity index (χ2n) is 20.1. The fourth-order valence-electron chi connectivity index (χ4n) is 9.60. The molecule has 4 aromatic rings. The molecule has 4 atom stereocenters. The molecule has 3 aromatic carbocycles. The lowest BCUT2D eigenvalue weighted by molar-refractivity contribution is -0.158. The van der Waals surface area contributed by atoms with Gasteiger partial charge in [-0.1, -0.05) is 75.1 Å². The maximum Gasteiger partial charge on any atom is 0.399 e. The predicted octanol–water partition coefficient (Wildman–Crippen LogP) is 4.04. The number of fused-ring (bicyclic) bond motifs is 2. The van der Waals surface area contributed by atoms with Crippen LogP contribution in [0.1, 0.15) is 112 Å². The summed E-state index contributed by atoms with van der Waals surface area (Å²) >= 11 is 0.913. The van der Waals surface area contributed by atoms with E-state index >= 15 is 0 Å². The van der Waals surface area contributed by atoms with E-state index in [9.17, 15) is 66.3 Å². The molecule has 0 radical (unpaired) electrons. The molecule has 3 fully saturated rings. The van der Waals surface area contributed by atoms with Crippen LogP contribution in [0.25, 0.3) is 10.1 Å². The highest BCUT2D eigenvalue weighted by molar-refractivity contribution is 7.52. The van der Waals surface area contributed by atoms with Crippen molar-refractivity contribution in [1.29, 1.82) is 0 Å². The number of carbonyl (C=O) groups excluding carboxylic acids is 9. The van der Waals surface area contributed by atoms with Crippen molar-refractivity contribution in [3.63, 3.8) is 0 Å². The average Bonchev–Trinajstić information content (AvgIpc) is 3.95. The Labute approximate surface area is 445 Å². The number of morpholine rings is 1. The van der Waals surface area contributed by atoms with Crippen LogP contribution in [0.2, 0.25) is 0 Å². The van der Waals surface area contributed by atoms with Crippen molar-refractivity contribution >= 4 is 82.2 Å². The Kier molecular flexibility index (Phi) is 16.6. The lowest BCUT2D eigenvalue weighted by Gasteiger charge is -2.45.